The molecule has 1 heterocycles. The predicted molar refractivity (Wildman–Crippen MR) is 69.0 cm³/mol. The summed E-state index contributed by atoms with van der Waals surface area (Å²) < 4.78 is 0. The summed E-state index contributed by atoms with van der Waals surface area (Å²) in [4.78, 5) is 11.0. The Morgan fingerprint density at radius 1 is 1.38 bits per heavy atom. The summed E-state index contributed by atoms with van der Waals surface area (Å²) in [6.07, 6.45) is 2.93. The molecule has 0 bridgehead atoms. The average Bonchev–Trinajstić information content (AvgIpc) is 2.31. The Balaban J connectivity index is 2.87. The lowest BCUT2D eigenvalue weighted by molar-refractivity contribution is 0.622. The fraction of sp³-hybridized carbons (Fsp3) is 0.667. The minimum Gasteiger partial charge on any atom is -0.354 e. The molecule has 16 heavy (non-hydrogen) atoms. The van der Waals surface area contributed by atoms with E-state index < -0.39 is 0 Å². The smallest absolute Gasteiger partial charge is 0.224 e. The highest BCUT2D eigenvalue weighted by Gasteiger charge is 2.12. The highest BCUT2D eigenvalue weighted by molar-refractivity contribution is 5.43. The maximum absolute atomic E-state index is 4.51. The second-order valence-electron chi connectivity index (χ2n) is 3.81. The summed E-state index contributed by atoms with van der Waals surface area (Å²) in [7, 11) is 0. The van der Waals surface area contributed by atoms with E-state index in [1.807, 2.05) is 19.2 Å². The lowest BCUT2D eigenvalue weighted by Crippen LogP contribution is -2.33. The van der Waals surface area contributed by atoms with Crippen LogP contribution in [0.2, 0.25) is 0 Å². The number of rotatable bonds is 6. The molecule has 0 saturated carbocycles. The van der Waals surface area contributed by atoms with Crippen LogP contribution in [-0.2, 0) is 0 Å². The van der Waals surface area contributed by atoms with Crippen molar-refractivity contribution in [1.82, 2.24) is 9.97 Å². The molecule has 0 aliphatic rings. The Morgan fingerprint density at radius 3 is 2.69 bits per heavy atom. The zero-order chi connectivity index (χ0) is 12.0. The van der Waals surface area contributed by atoms with E-state index in [1.165, 1.54) is 0 Å². The lowest BCUT2D eigenvalue weighted by atomic mass is 10.2. The van der Waals surface area contributed by atoms with Crippen LogP contribution < -0.4 is 10.2 Å². The molecule has 0 radical (unpaired) electrons. The van der Waals surface area contributed by atoms with Gasteiger partial charge in [0.2, 0.25) is 5.95 Å². The van der Waals surface area contributed by atoms with Crippen molar-refractivity contribution < 1.29 is 0 Å². The van der Waals surface area contributed by atoms with Crippen LogP contribution in [0.25, 0.3) is 0 Å². The fourth-order valence-electron chi connectivity index (χ4n) is 1.67. The molecular weight excluding hydrogens is 200 g/mol. The Labute approximate surface area is 98.1 Å². The van der Waals surface area contributed by atoms with Crippen molar-refractivity contribution in [2.45, 2.75) is 40.2 Å². The van der Waals surface area contributed by atoms with Crippen molar-refractivity contribution in [3.05, 3.63) is 12.3 Å². The fourth-order valence-corrected chi connectivity index (χ4v) is 1.67. The standard InChI is InChI=1S/C12H22N4/c1-5-10(4)16(7-3)11-8-9-14-12(15-11)13-6-2/h8-10H,5-7H2,1-4H3,(H,13,14,15). The van der Waals surface area contributed by atoms with Crippen LogP contribution in [0.15, 0.2) is 12.3 Å². The molecule has 1 rings (SSSR count). The van der Waals surface area contributed by atoms with Gasteiger partial charge in [-0.3, -0.25) is 0 Å². The van der Waals surface area contributed by atoms with E-state index in [1.54, 1.807) is 0 Å². The molecule has 1 aromatic rings. The van der Waals surface area contributed by atoms with Gasteiger partial charge >= 0.3 is 0 Å². The molecule has 90 valence electrons. The van der Waals surface area contributed by atoms with Crippen LogP contribution in [0.4, 0.5) is 11.8 Å². The van der Waals surface area contributed by atoms with Crippen LogP contribution in [0.3, 0.4) is 0 Å². The van der Waals surface area contributed by atoms with Gasteiger partial charge in [0.1, 0.15) is 5.82 Å². The van der Waals surface area contributed by atoms with E-state index in [4.69, 9.17) is 0 Å². The van der Waals surface area contributed by atoms with E-state index >= 15 is 0 Å². The minimum atomic E-state index is 0.509. The highest BCUT2D eigenvalue weighted by atomic mass is 15.2. The van der Waals surface area contributed by atoms with Gasteiger partial charge < -0.3 is 10.2 Å². The molecule has 0 spiro atoms. The number of anilines is 2. The molecule has 0 saturated heterocycles. The molecule has 4 nitrogen and oxygen atoms in total. The van der Waals surface area contributed by atoms with Gasteiger partial charge in [-0.25, -0.2) is 4.98 Å². The Bertz CT molecular complexity index is 314. The zero-order valence-corrected chi connectivity index (χ0v) is 10.7. The van der Waals surface area contributed by atoms with Gasteiger partial charge in [0.15, 0.2) is 0 Å². The number of nitrogens with one attached hydrogen (secondary N) is 1. The van der Waals surface area contributed by atoms with Crippen LogP contribution >= 0.6 is 0 Å². The number of aromatic nitrogens is 2. The van der Waals surface area contributed by atoms with E-state index in [0.717, 1.165) is 25.3 Å². The molecule has 4 heteroatoms. The zero-order valence-electron chi connectivity index (χ0n) is 10.7. The van der Waals surface area contributed by atoms with Gasteiger partial charge in [-0.15, -0.1) is 0 Å². The summed E-state index contributed by atoms with van der Waals surface area (Å²) in [6.45, 7) is 10.4. The average molecular weight is 222 g/mol. The van der Waals surface area contributed by atoms with Gasteiger partial charge in [0.25, 0.3) is 0 Å². The quantitative estimate of drug-likeness (QED) is 0.803. The highest BCUT2D eigenvalue weighted by Crippen LogP contribution is 2.16. The number of hydrogen-bond donors (Lipinski definition) is 1. The molecule has 1 aromatic heterocycles. The normalized spacial score (nSPS) is 12.2. The minimum absolute atomic E-state index is 0.509. The van der Waals surface area contributed by atoms with Gasteiger partial charge in [-0.2, -0.15) is 4.98 Å². The third-order valence-electron chi connectivity index (χ3n) is 2.73. The Hall–Kier alpha value is -1.32. The van der Waals surface area contributed by atoms with E-state index in [9.17, 15) is 0 Å². The second-order valence-corrected chi connectivity index (χ2v) is 3.81. The summed E-state index contributed by atoms with van der Waals surface area (Å²) in [6, 6.07) is 2.48. The van der Waals surface area contributed by atoms with Crippen molar-refractivity contribution in [3.8, 4) is 0 Å². The van der Waals surface area contributed by atoms with Crippen LogP contribution in [-0.4, -0.2) is 29.1 Å². The van der Waals surface area contributed by atoms with Crippen LogP contribution in [0.5, 0.6) is 0 Å². The first-order chi connectivity index (χ1) is 7.72. The maximum atomic E-state index is 4.51. The number of nitrogens with zero attached hydrogens (tertiary/aromatic N) is 3. The lowest BCUT2D eigenvalue weighted by Gasteiger charge is -2.28. The summed E-state index contributed by atoms with van der Waals surface area (Å²) >= 11 is 0. The van der Waals surface area contributed by atoms with Crippen molar-refractivity contribution >= 4 is 11.8 Å². The molecule has 0 aliphatic carbocycles. The third-order valence-corrected chi connectivity index (χ3v) is 2.73. The van der Waals surface area contributed by atoms with Gasteiger partial charge in [-0.1, -0.05) is 6.92 Å². The first-order valence-electron chi connectivity index (χ1n) is 6.06. The first kappa shape index (κ1) is 12.7. The van der Waals surface area contributed by atoms with Crippen molar-refractivity contribution in [3.63, 3.8) is 0 Å². The van der Waals surface area contributed by atoms with E-state index in [-0.39, 0.29) is 0 Å². The molecule has 0 fully saturated rings. The topological polar surface area (TPSA) is 41.1 Å². The summed E-state index contributed by atoms with van der Waals surface area (Å²) in [5, 5.41) is 3.13. The van der Waals surface area contributed by atoms with E-state index in [2.05, 4.69) is 41.0 Å². The largest absolute Gasteiger partial charge is 0.354 e. The molecule has 0 aliphatic heterocycles. The summed E-state index contributed by atoms with van der Waals surface area (Å²) in [5.74, 6) is 1.71. The third kappa shape index (κ3) is 3.08. The molecule has 1 N–H and O–H groups in total. The van der Waals surface area contributed by atoms with Crippen LogP contribution in [0.1, 0.15) is 34.1 Å². The van der Waals surface area contributed by atoms with Crippen molar-refractivity contribution in [2.75, 3.05) is 23.3 Å². The molecular formula is C12H22N4. The van der Waals surface area contributed by atoms with Gasteiger partial charge in [-0.05, 0) is 33.3 Å². The maximum Gasteiger partial charge on any atom is 0.224 e. The Kier molecular flexibility index (Phi) is 5.02. The van der Waals surface area contributed by atoms with Crippen molar-refractivity contribution in [2.24, 2.45) is 0 Å². The monoisotopic (exact) mass is 222 g/mol. The second kappa shape index (κ2) is 6.30. The first-order valence-corrected chi connectivity index (χ1v) is 6.06. The molecule has 1 atom stereocenters. The van der Waals surface area contributed by atoms with E-state index in [0.29, 0.717) is 12.0 Å². The number of hydrogen-bond acceptors (Lipinski definition) is 4. The Morgan fingerprint density at radius 2 is 2.12 bits per heavy atom. The van der Waals surface area contributed by atoms with Gasteiger partial charge in [0.05, 0.1) is 0 Å². The molecule has 0 amide bonds. The summed E-state index contributed by atoms with van der Waals surface area (Å²) in [5.41, 5.74) is 0. The predicted octanol–water partition coefficient (Wildman–Crippen LogP) is 2.53. The SMILES string of the molecule is CCNc1nccc(N(CC)C(C)CC)n1. The van der Waals surface area contributed by atoms with Crippen molar-refractivity contribution in [1.29, 1.82) is 0 Å². The molecule has 0 aromatic carbocycles. The molecule has 1 unspecified atom stereocenters. The van der Waals surface area contributed by atoms with Gasteiger partial charge in [0, 0.05) is 25.3 Å². The van der Waals surface area contributed by atoms with Crippen LogP contribution in [0, 0.1) is 0 Å².